The highest BCUT2D eigenvalue weighted by atomic mass is 32.1. The highest BCUT2D eigenvalue weighted by Crippen LogP contribution is 2.25. The number of fused-ring (bicyclic) bond motifs is 1. The molecule has 26 heavy (non-hydrogen) atoms. The first-order valence-electron chi connectivity index (χ1n) is 7.70. The van der Waals surface area contributed by atoms with Gasteiger partial charge in [-0.1, -0.05) is 18.2 Å². The Morgan fingerprint density at radius 1 is 1.35 bits per heavy atom. The summed E-state index contributed by atoms with van der Waals surface area (Å²) in [7, 11) is 0. The zero-order valence-electron chi connectivity index (χ0n) is 13.3. The lowest BCUT2D eigenvalue weighted by atomic mass is 9.95. The minimum absolute atomic E-state index is 0.350. The van der Waals surface area contributed by atoms with Gasteiger partial charge in [-0.05, 0) is 18.2 Å². The van der Waals surface area contributed by atoms with Crippen molar-refractivity contribution in [1.82, 2.24) is 9.88 Å². The molecular weight excluding hydrogens is 356 g/mol. The van der Waals surface area contributed by atoms with Crippen LogP contribution in [0.4, 0.5) is 9.93 Å². The van der Waals surface area contributed by atoms with E-state index in [0.29, 0.717) is 22.3 Å². The predicted octanol–water partition coefficient (Wildman–Crippen LogP) is 2.49. The molecule has 9 heteroatoms. The second kappa shape index (κ2) is 6.52. The summed E-state index contributed by atoms with van der Waals surface area (Å²) in [5, 5.41) is 4.67. The number of carbonyl (C=O) groups is 3. The molecule has 4 amide bonds. The van der Waals surface area contributed by atoms with Crippen LogP contribution in [0.3, 0.4) is 0 Å². The van der Waals surface area contributed by atoms with E-state index in [1.807, 2.05) is 0 Å². The first-order chi connectivity index (χ1) is 12.6. The van der Waals surface area contributed by atoms with E-state index in [1.165, 1.54) is 17.6 Å². The Morgan fingerprint density at radius 3 is 3.04 bits per heavy atom. The van der Waals surface area contributed by atoms with Crippen molar-refractivity contribution in [3.05, 3.63) is 48.1 Å². The van der Waals surface area contributed by atoms with Crippen molar-refractivity contribution in [2.75, 3.05) is 11.9 Å². The molecule has 1 unspecified atom stereocenters. The van der Waals surface area contributed by atoms with Gasteiger partial charge in [0.05, 0.1) is 17.9 Å². The first-order valence-corrected chi connectivity index (χ1v) is 8.58. The number of hydrogen-bond acceptors (Lipinski definition) is 6. The number of carbonyl (C=O) groups excluding carboxylic acids is 3. The van der Waals surface area contributed by atoms with Gasteiger partial charge >= 0.3 is 6.03 Å². The SMILES string of the molecule is O=C(CN1C(=O)N=C2C=CC=CC2C1=O)Nc1nc(-c2ccco2)cs1. The summed E-state index contributed by atoms with van der Waals surface area (Å²) in [6, 6.07) is 2.75. The van der Waals surface area contributed by atoms with Crippen LogP contribution in [-0.4, -0.2) is 40.0 Å². The molecule has 3 heterocycles. The van der Waals surface area contributed by atoms with Gasteiger partial charge < -0.3 is 9.73 Å². The van der Waals surface area contributed by atoms with Crippen molar-refractivity contribution >= 4 is 40.0 Å². The normalized spacial score (nSPS) is 18.7. The molecule has 1 N–H and O–H groups in total. The Bertz CT molecular complexity index is 971. The minimum atomic E-state index is -0.744. The Morgan fingerprint density at radius 2 is 2.23 bits per heavy atom. The van der Waals surface area contributed by atoms with Crippen LogP contribution in [0.5, 0.6) is 0 Å². The fourth-order valence-electron chi connectivity index (χ4n) is 2.60. The van der Waals surface area contributed by atoms with Gasteiger partial charge in [-0.15, -0.1) is 11.3 Å². The third kappa shape index (κ3) is 3.00. The van der Waals surface area contributed by atoms with Gasteiger partial charge in [-0.2, -0.15) is 4.99 Å². The molecule has 0 bridgehead atoms. The average molecular weight is 368 g/mol. The highest BCUT2D eigenvalue weighted by Gasteiger charge is 2.36. The van der Waals surface area contributed by atoms with Crippen molar-refractivity contribution in [3.63, 3.8) is 0 Å². The molecule has 2 aromatic heterocycles. The quantitative estimate of drug-likeness (QED) is 0.893. The number of hydrogen-bond donors (Lipinski definition) is 1. The van der Waals surface area contributed by atoms with E-state index >= 15 is 0 Å². The number of thiazole rings is 1. The molecule has 0 radical (unpaired) electrons. The standard InChI is InChI=1S/C17H12N4O4S/c22-14(20-16-18-12(9-26-16)13-6-3-7-25-13)8-21-15(23)10-4-1-2-5-11(10)19-17(21)24/h1-7,9-10H,8H2,(H,18,20,22). The van der Waals surface area contributed by atoms with Gasteiger partial charge in [0.15, 0.2) is 10.9 Å². The summed E-state index contributed by atoms with van der Waals surface area (Å²) >= 11 is 1.22. The minimum Gasteiger partial charge on any atom is -0.463 e. The number of nitrogens with zero attached hydrogens (tertiary/aromatic N) is 3. The largest absolute Gasteiger partial charge is 0.463 e. The van der Waals surface area contributed by atoms with E-state index in [9.17, 15) is 14.4 Å². The van der Waals surface area contributed by atoms with Gasteiger partial charge in [0, 0.05) is 5.38 Å². The second-order valence-electron chi connectivity index (χ2n) is 5.53. The molecule has 0 fully saturated rings. The van der Waals surface area contributed by atoms with E-state index < -0.39 is 30.3 Å². The molecule has 1 atom stereocenters. The molecule has 0 spiro atoms. The molecule has 0 saturated carbocycles. The van der Waals surface area contributed by atoms with Gasteiger partial charge in [0.2, 0.25) is 11.8 Å². The summed E-state index contributed by atoms with van der Waals surface area (Å²) in [5.74, 6) is -1.04. The maximum Gasteiger partial charge on any atom is 0.351 e. The van der Waals surface area contributed by atoms with Crippen LogP contribution in [0.25, 0.3) is 11.5 Å². The maximum atomic E-state index is 12.5. The number of urea groups is 1. The number of anilines is 1. The Hall–Kier alpha value is -3.33. The average Bonchev–Trinajstić information content (AvgIpc) is 3.30. The number of amides is 4. The third-order valence-corrected chi connectivity index (χ3v) is 4.57. The number of allylic oxidation sites excluding steroid dienone is 3. The molecule has 4 rings (SSSR count). The maximum absolute atomic E-state index is 12.5. The number of rotatable bonds is 4. The van der Waals surface area contributed by atoms with Crippen LogP contribution >= 0.6 is 11.3 Å². The van der Waals surface area contributed by atoms with Gasteiger partial charge in [-0.3, -0.25) is 14.5 Å². The van der Waals surface area contributed by atoms with Crippen molar-refractivity contribution in [2.24, 2.45) is 10.9 Å². The topological polar surface area (TPSA) is 105 Å². The number of aliphatic imine (C=N–C) groups is 1. The predicted molar refractivity (Wildman–Crippen MR) is 94.8 cm³/mol. The zero-order chi connectivity index (χ0) is 18.1. The Kier molecular flexibility index (Phi) is 4.05. The van der Waals surface area contributed by atoms with Crippen molar-refractivity contribution in [3.8, 4) is 11.5 Å². The smallest absolute Gasteiger partial charge is 0.351 e. The molecule has 1 aliphatic carbocycles. The Labute approximate surface area is 151 Å². The summed E-state index contributed by atoms with van der Waals surface area (Å²) in [6.45, 7) is -0.418. The highest BCUT2D eigenvalue weighted by molar-refractivity contribution is 7.14. The van der Waals surface area contributed by atoms with Crippen LogP contribution in [0.15, 0.2) is 57.5 Å². The van der Waals surface area contributed by atoms with Gasteiger partial charge in [-0.25, -0.2) is 9.78 Å². The van der Waals surface area contributed by atoms with Crippen LogP contribution in [0, 0.1) is 5.92 Å². The Balaban J connectivity index is 1.44. The molecular formula is C17H12N4O4S. The summed E-state index contributed by atoms with van der Waals surface area (Å²) in [4.78, 5) is 45.7. The fraction of sp³-hybridized carbons (Fsp3) is 0.118. The number of furan rings is 1. The number of aromatic nitrogens is 1. The van der Waals surface area contributed by atoms with Gasteiger partial charge in [0.25, 0.3) is 0 Å². The van der Waals surface area contributed by atoms with Crippen molar-refractivity contribution in [2.45, 2.75) is 0 Å². The van der Waals surface area contributed by atoms with Crippen LogP contribution in [-0.2, 0) is 9.59 Å². The van der Waals surface area contributed by atoms with Crippen molar-refractivity contribution < 1.29 is 18.8 Å². The number of nitrogens with one attached hydrogen (secondary N) is 1. The molecule has 130 valence electrons. The summed E-state index contributed by atoms with van der Waals surface area (Å²) in [5.41, 5.74) is 0.982. The second-order valence-corrected chi connectivity index (χ2v) is 6.39. The lowest BCUT2D eigenvalue weighted by molar-refractivity contribution is -0.132. The van der Waals surface area contributed by atoms with Crippen molar-refractivity contribution in [1.29, 1.82) is 0 Å². The van der Waals surface area contributed by atoms with E-state index in [4.69, 9.17) is 4.42 Å². The lowest BCUT2D eigenvalue weighted by Gasteiger charge is -2.27. The van der Waals surface area contributed by atoms with E-state index in [-0.39, 0.29) is 0 Å². The molecule has 0 saturated heterocycles. The third-order valence-electron chi connectivity index (χ3n) is 3.81. The summed E-state index contributed by atoms with van der Waals surface area (Å²) < 4.78 is 5.25. The monoisotopic (exact) mass is 368 g/mol. The fourth-order valence-corrected chi connectivity index (χ4v) is 3.31. The molecule has 8 nitrogen and oxygen atoms in total. The van der Waals surface area contributed by atoms with E-state index in [0.717, 1.165) is 4.90 Å². The molecule has 2 aromatic rings. The number of imide groups is 1. The van der Waals surface area contributed by atoms with Crippen LogP contribution < -0.4 is 5.32 Å². The van der Waals surface area contributed by atoms with Gasteiger partial charge in [0.1, 0.15) is 12.2 Å². The molecule has 2 aliphatic rings. The zero-order valence-corrected chi connectivity index (χ0v) is 14.1. The van der Waals surface area contributed by atoms with Crippen LogP contribution in [0.2, 0.25) is 0 Å². The first kappa shape index (κ1) is 16.2. The lowest BCUT2D eigenvalue weighted by Crippen LogP contribution is -2.48. The van der Waals surface area contributed by atoms with E-state index in [2.05, 4.69) is 15.3 Å². The van der Waals surface area contributed by atoms with Crippen LogP contribution in [0.1, 0.15) is 0 Å². The molecule has 0 aromatic carbocycles. The summed E-state index contributed by atoms with van der Waals surface area (Å²) in [6.07, 6.45) is 8.21. The van der Waals surface area contributed by atoms with E-state index in [1.54, 1.807) is 41.8 Å². The molecule has 1 aliphatic heterocycles.